The van der Waals surface area contributed by atoms with Gasteiger partial charge in [0.1, 0.15) is 18.1 Å². The van der Waals surface area contributed by atoms with Crippen molar-refractivity contribution in [2.75, 3.05) is 6.61 Å². The summed E-state index contributed by atoms with van der Waals surface area (Å²) in [5.74, 6) is -0.657. The highest BCUT2D eigenvalue weighted by molar-refractivity contribution is 5.95. The first-order chi connectivity index (χ1) is 17.5. The normalized spacial score (nSPS) is 15.1. The Labute approximate surface area is 208 Å². The summed E-state index contributed by atoms with van der Waals surface area (Å²) in [6.45, 7) is 0.797. The first-order valence-electron chi connectivity index (χ1n) is 11.2. The van der Waals surface area contributed by atoms with Crippen LogP contribution in [-0.4, -0.2) is 33.9 Å². The Kier molecular flexibility index (Phi) is 7.07. The summed E-state index contributed by atoms with van der Waals surface area (Å²) in [6, 6.07) is 7.14. The number of nitrogens with one attached hydrogen (secondary N) is 1. The number of nitriles is 1. The Morgan fingerprint density at radius 3 is 2.49 bits per heavy atom. The molecule has 192 valence electrons. The van der Waals surface area contributed by atoms with Crippen molar-refractivity contribution in [3.8, 4) is 23.2 Å². The van der Waals surface area contributed by atoms with Crippen molar-refractivity contribution in [1.29, 1.82) is 5.26 Å². The molecule has 3 aromatic rings. The minimum absolute atomic E-state index is 0.127. The molecular formula is C25H20F5N5O2. The average molecular weight is 517 g/mol. The lowest BCUT2D eigenvalue weighted by Gasteiger charge is -2.18. The number of nitrogens with zero attached hydrogens (tertiary/aromatic N) is 4. The summed E-state index contributed by atoms with van der Waals surface area (Å²) >= 11 is 0. The van der Waals surface area contributed by atoms with Gasteiger partial charge >= 0.3 is 6.18 Å². The molecule has 0 radical (unpaired) electrons. The fourth-order valence-corrected chi connectivity index (χ4v) is 3.76. The summed E-state index contributed by atoms with van der Waals surface area (Å²) in [4.78, 5) is 25.7. The second-order valence-electron chi connectivity index (χ2n) is 8.56. The lowest BCUT2D eigenvalue weighted by Crippen LogP contribution is -2.28. The van der Waals surface area contributed by atoms with Crippen molar-refractivity contribution < 1.29 is 31.5 Å². The third kappa shape index (κ3) is 5.82. The van der Waals surface area contributed by atoms with E-state index in [9.17, 15) is 32.0 Å². The highest BCUT2D eigenvalue weighted by Crippen LogP contribution is 2.49. The number of alkyl halides is 5. The molecular weight excluding hydrogens is 497 g/mol. The molecule has 1 aliphatic carbocycles. The third-order valence-electron chi connectivity index (χ3n) is 5.88. The van der Waals surface area contributed by atoms with E-state index >= 15 is 0 Å². The molecule has 0 spiro atoms. The van der Waals surface area contributed by atoms with Crippen LogP contribution < -0.4 is 10.1 Å². The number of benzene rings is 1. The minimum Gasteiger partial charge on any atom is -0.486 e. The van der Waals surface area contributed by atoms with Crippen LogP contribution in [0.4, 0.5) is 22.0 Å². The zero-order valence-electron chi connectivity index (χ0n) is 19.4. The molecule has 0 bridgehead atoms. The van der Waals surface area contributed by atoms with Gasteiger partial charge in [-0.05, 0) is 55.7 Å². The van der Waals surface area contributed by atoms with Crippen molar-refractivity contribution in [2.45, 2.75) is 43.8 Å². The number of pyridine rings is 1. The van der Waals surface area contributed by atoms with Gasteiger partial charge in [0.25, 0.3) is 12.3 Å². The number of amides is 1. The molecule has 7 nitrogen and oxygen atoms in total. The Morgan fingerprint density at radius 1 is 1.16 bits per heavy atom. The molecule has 1 saturated carbocycles. The quantitative estimate of drug-likeness (QED) is 0.410. The number of ether oxygens (including phenoxy) is 1. The molecule has 0 saturated heterocycles. The van der Waals surface area contributed by atoms with Crippen molar-refractivity contribution in [2.24, 2.45) is 0 Å². The fraction of sp³-hybridized carbons (Fsp3) is 0.320. The van der Waals surface area contributed by atoms with Gasteiger partial charge < -0.3 is 10.1 Å². The van der Waals surface area contributed by atoms with Gasteiger partial charge in [0, 0.05) is 18.0 Å². The van der Waals surface area contributed by atoms with Crippen LogP contribution in [0, 0.1) is 11.3 Å². The highest BCUT2D eigenvalue weighted by Gasteiger charge is 2.46. The van der Waals surface area contributed by atoms with Gasteiger partial charge in [0.2, 0.25) is 0 Å². The molecule has 1 N–H and O–H groups in total. The van der Waals surface area contributed by atoms with E-state index in [4.69, 9.17) is 4.74 Å². The zero-order valence-corrected chi connectivity index (χ0v) is 19.4. The summed E-state index contributed by atoms with van der Waals surface area (Å²) in [5, 5.41) is 12.1. The molecule has 2 heterocycles. The largest absolute Gasteiger partial charge is 0.486 e. The standard InChI is InChI=1S/C25H20F5N5O2/c1-14(21-22(33-7-6-32-21)19-3-2-18(11-34-19)37-12-20(26)27)35-23(36)15-8-16(24(13-31)4-5-24)10-17(9-15)25(28,29)30/h2-3,6-11,14,20H,4-5,12H2,1H3,(H,35,36). The van der Waals surface area contributed by atoms with Crippen LogP contribution >= 0.6 is 0 Å². The Balaban J connectivity index is 1.58. The van der Waals surface area contributed by atoms with Crippen LogP contribution in [0.1, 0.15) is 53.0 Å². The lowest BCUT2D eigenvalue weighted by atomic mass is 9.93. The van der Waals surface area contributed by atoms with Gasteiger partial charge in [-0.25, -0.2) is 8.78 Å². The highest BCUT2D eigenvalue weighted by atomic mass is 19.4. The van der Waals surface area contributed by atoms with Crippen molar-refractivity contribution >= 4 is 5.91 Å². The van der Waals surface area contributed by atoms with Crippen molar-refractivity contribution in [3.05, 3.63) is 71.3 Å². The Morgan fingerprint density at radius 2 is 1.89 bits per heavy atom. The van der Waals surface area contributed by atoms with E-state index in [0.717, 1.165) is 12.1 Å². The maximum atomic E-state index is 13.5. The molecule has 37 heavy (non-hydrogen) atoms. The number of rotatable bonds is 8. The molecule has 4 rings (SSSR count). The van der Waals surface area contributed by atoms with E-state index in [1.54, 1.807) is 6.92 Å². The van der Waals surface area contributed by atoms with E-state index in [2.05, 4.69) is 26.3 Å². The SMILES string of the molecule is CC(NC(=O)c1cc(C(F)(F)F)cc(C2(C#N)CC2)c1)c1nccnc1-c1ccc(OCC(F)F)cn1. The predicted molar refractivity (Wildman–Crippen MR) is 121 cm³/mol. The van der Waals surface area contributed by atoms with Gasteiger partial charge in [-0.15, -0.1) is 0 Å². The molecule has 1 amide bonds. The van der Waals surface area contributed by atoms with Gasteiger partial charge in [-0.3, -0.25) is 19.7 Å². The monoisotopic (exact) mass is 517 g/mol. The molecule has 1 aliphatic rings. The summed E-state index contributed by atoms with van der Waals surface area (Å²) < 4.78 is 70.2. The van der Waals surface area contributed by atoms with Gasteiger partial charge in [-0.2, -0.15) is 18.4 Å². The molecule has 0 aliphatic heterocycles. The lowest BCUT2D eigenvalue weighted by molar-refractivity contribution is -0.137. The molecule has 12 heteroatoms. The van der Waals surface area contributed by atoms with E-state index < -0.39 is 42.1 Å². The average Bonchev–Trinajstić information content (AvgIpc) is 3.68. The topological polar surface area (TPSA) is 101 Å². The molecule has 1 unspecified atom stereocenters. The zero-order chi connectivity index (χ0) is 26.8. The van der Waals surface area contributed by atoms with Gasteiger partial charge in [0.15, 0.2) is 0 Å². The van der Waals surface area contributed by atoms with Gasteiger partial charge in [0.05, 0.1) is 40.7 Å². The molecule has 2 aromatic heterocycles. The predicted octanol–water partition coefficient (Wildman–Crippen LogP) is 5.25. The van der Waals surface area contributed by atoms with E-state index in [-0.39, 0.29) is 28.3 Å². The summed E-state index contributed by atoms with van der Waals surface area (Å²) in [7, 11) is 0. The number of aromatic nitrogens is 3. The summed E-state index contributed by atoms with van der Waals surface area (Å²) in [6.07, 6.45) is -2.48. The number of hydrogen-bond donors (Lipinski definition) is 1. The maximum absolute atomic E-state index is 13.5. The van der Waals surface area contributed by atoms with Crippen LogP contribution in [0.15, 0.2) is 48.9 Å². The number of halogens is 5. The second kappa shape index (κ2) is 10.1. The van der Waals surface area contributed by atoms with Crippen LogP contribution in [0.5, 0.6) is 5.75 Å². The number of hydrogen-bond acceptors (Lipinski definition) is 6. The summed E-state index contributed by atoms with van der Waals surface area (Å²) in [5.41, 5.74) is -1.23. The number of carbonyl (C=O) groups excluding carboxylic acids is 1. The fourth-order valence-electron chi connectivity index (χ4n) is 3.76. The number of carbonyl (C=O) groups is 1. The molecule has 1 fully saturated rings. The molecule has 1 atom stereocenters. The van der Waals surface area contributed by atoms with Crippen LogP contribution in [0.25, 0.3) is 11.4 Å². The molecule has 1 aromatic carbocycles. The maximum Gasteiger partial charge on any atom is 0.416 e. The van der Waals surface area contributed by atoms with E-state index in [0.29, 0.717) is 18.5 Å². The van der Waals surface area contributed by atoms with Crippen molar-refractivity contribution in [1.82, 2.24) is 20.3 Å². The van der Waals surface area contributed by atoms with Crippen LogP contribution in [0.2, 0.25) is 0 Å². The first-order valence-corrected chi connectivity index (χ1v) is 11.2. The second-order valence-corrected chi connectivity index (χ2v) is 8.56. The Hall–Kier alpha value is -4.14. The van der Waals surface area contributed by atoms with Crippen LogP contribution in [0.3, 0.4) is 0 Å². The van der Waals surface area contributed by atoms with E-state index in [1.165, 1.54) is 36.8 Å². The van der Waals surface area contributed by atoms with Crippen molar-refractivity contribution in [3.63, 3.8) is 0 Å². The smallest absolute Gasteiger partial charge is 0.416 e. The Bertz CT molecular complexity index is 1330. The third-order valence-corrected chi connectivity index (χ3v) is 5.88. The van der Waals surface area contributed by atoms with Crippen LogP contribution in [-0.2, 0) is 11.6 Å². The minimum atomic E-state index is -4.70. The first kappa shape index (κ1) is 25.9. The van der Waals surface area contributed by atoms with Gasteiger partial charge in [-0.1, -0.05) is 0 Å². The van der Waals surface area contributed by atoms with E-state index in [1.807, 2.05) is 0 Å².